The molecule has 0 aliphatic heterocycles. The van der Waals surface area contributed by atoms with E-state index in [2.05, 4.69) is 4.98 Å². The molecule has 0 radical (unpaired) electrons. The number of Topliss-reactive ketones (excluding diaryl/α,β-unsaturated/α-hetero) is 1. The van der Waals surface area contributed by atoms with Crippen molar-refractivity contribution >= 4 is 17.4 Å². The number of halogens is 1. The number of aromatic amines is 1. The molecule has 0 bridgehead atoms. The Bertz CT molecular complexity index is 216. The lowest BCUT2D eigenvalue weighted by atomic mass is 10.2. The summed E-state index contributed by atoms with van der Waals surface area (Å²) in [7, 11) is 0. The van der Waals surface area contributed by atoms with Crippen molar-refractivity contribution in [2.45, 2.75) is 12.3 Å². The second-order valence-corrected chi connectivity index (χ2v) is 2.72. The van der Waals surface area contributed by atoms with E-state index in [-0.39, 0.29) is 5.78 Å². The van der Waals surface area contributed by atoms with Gasteiger partial charge in [-0.25, -0.2) is 0 Å². The van der Waals surface area contributed by atoms with Gasteiger partial charge in [-0.1, -0.05) is 0 Å². The average Bonchev–Trinajstić information content (AvgIpc) is 2.36. The van der Waals surface area contributed by atoms with E-state index in [9.17, 15) is 4.79 Å². The highest BCUT2D eigenvalue weighted by Crippen LogP contribution is 2.04. The number of hydrogen-bond acceptors (Lipinski definition) is 1. The lowest BCUT2D eigenvalue weighted by Gasteiger charge is -1.96. The molecule has 0 saturated heterocycles. The second-order valence-electron chi connectivity index (χ2n) is 2.06. The summed E-state index contributed by atoms with van der Waals surface area (Å²) in [4.78, 5) is 13.8. The number of rotatable bonds is 2. The molecule has 3 heteroatoms. The van der Waals surface area contributed by atoms with Gasteiger partial charge in [-0.15, -0.1) is 11.6 Å². The van der Waals surface area contributed by atoms with Crippen molar-refractivity contribution in [3.63, 3.8) is 0 Å². The molecule has 0 aliphatic carbocycles. The van der Waals surface area contributed by atoms with E-state index in [0.29, 0.717) is 5.69 Å². The van der Waals surface area contributed by atoms with Gasteiger partial charge in [-0.3, -0.25) is 4.79 Å². The molecule has 0 fully saturated rings. The van der Waals surface area contributed by atoms with Gasteiger partial charge in [0.25, 0.3) is 0 Å². The summed E-state index contributed by atoms with van der Waals surface area (Å²) < 4.78 is 0. The quantitative estimate of drug-likeness (QED) is 0.516. The third kappa shape index (κ3) is 1.39. The standard InChI is InChI=1S/C7H8ClNO/c1-5(8)7(10)6-3-2-4-9-6/h2-5,9H,1H3. The Kier molecular flexibility index (Phi) is 2.12. The molecule has 0 aliphatic rings. The summed E-state index contributed by atoms with van der Waals surface area (Å²) in [5, 5.41) is -0.446. The monoisotopic (exact) mass is 157 g/mol. The maximum atomic E-state index is 11.0. The minimum absolute atomic E-state index is 0.0633. The predicted molar refractivity (Wildman–Crippen MR) is 40.4 cm³/mol. The lowest BCUT2D eigenvalue weighted by molar-refractivity contribution is 0.0987. The maximum Gasteiger partial charge on any atom is 0.196 e. The molecule has 2 nitrogen and oxygen atoms in total. The van der Waals surface area contributed by atoms with Crippen molar-refractivity contribution in [1.29, 1.82) is 0 Å². The van der Waals surface area contributed by atoms with Crippen molar-refractivity contribution in [2.75, 3.05) is 0 Å². The smallest absolute Gasteiger partial charge is 0.196 e. The Hall–Kier alpha value is -0.760. The van der Waals surface area contributed by atoms with Gasteiger partial charge in [-0.2, -0.15) is 0 Å². The number of carbonyl (C=O) groups is 1. The molecule has 0 saturated carbocycles. The summed E-state index contributed by atoms with van der Waals surface area (Å²) in [6.45, 7) is 1.66. The van der Waals surface area contributed by atoms with Gasteiger partial charge in [0.2, 0.25) is 0 Å². The van der Waals surface area contributed by atoms with Crippen LogP contribution in [-0.2, 0) is 0 Å². The van der Waals surface area contributed by atoms with E-state index in [4.69, 9.17) is 11.6 Å². The minimum Gasteiger partial charge on any atom is -0.359 e. The first kappa shape index (κ1) is 7.35. The zero-order valence-electron chi connectivity index (χ0n) is 5.60. The molecule has 1 heterocycles. The number of aromatic nitrogens is 1. The van der Waals surface area contributed by atoms with E-state index in [1.54, 1.807) is 25.3 Å². The fraction of sp³-hybridized carbons (Fsp3) is 0.286. The second kappa shape index (κ2) is 2.88. The fourth-order valence-electron chi connectivity index (χ4n) is 0.698. The molecule has 0 amide bonds. The van der Waals surface area contributed by atoms with Crippen molar-refractivity contribution in [2.24, 2.45) is 0 Å². The van der Waals surface area contributed by atoms with Gasteiger partial charge in [0.05, 0.1) is 11.1 Å². The number of hydrogen-bond donors (Lipinski definition) is 1. The molecule has 1 aromatic heterocycles. The molecule has 1 aromatic rings. The first-order chi connectivity index (χ1) is 4.72. The van der Waals surface area contributed by atoms with Gasteiger partial charge in [0.15, 0.2) is 5.78 Å². The molecular formula is C7H8ClNO. The van der Waals surface area contributed by atoms with Crippen LogP contribution in [-0.4, -0.2) is 16.1 Å². The van der Waals surface area contributed by atoms with E-state index >= 15 is 0 Å². The van der Waals surface area contributed by atoms with E-state index in [0.717, 1.165) is 0 Å². The van der Waals surface area contributed by atoms with Crippen LogP contribution in [0.5, 0.6) is 0 Å². The van der Waals surface area contributed by atoms with E-state index in [1.165, 1.54) is 0 Å². The molecule has 0 aromatic carbocycles. The van der Waals surface area contributed by atoms with Crippen LogP contribution in [0, 0.1) is 0 Å². The van der Waals surface area contributed by atoms with Gasteiger partial charge in [0, 0.05) is 6.20 Å². The number of alkyl halides is 1. The van der Waals surface area contributed by atoms with Crippen molar-refractivity contribution < 1.29 is 4.79 Å². The molecule has 1 rings (SSSR count). The highest BCUT2D eigenvalue weighted by atomic mass is 35.5. The Morgan fingerprint density at radius 1 is 1.80 bits per heavy atom. The first-order valence-corrected chi connectivity index (χ1v) is 3.47. The Labute approximate surface area is 64.2 Å². The van der Waals surface area contributed by atoms with E-state index < -0.39 is 5.38 Å². The molecule has 54 valence electrons. The molecule has 0 spiro atoms. The SMILES string of the molecule is CC(Cl)C(=O)c1ccc[nH]1. The summed E-state index contributed by atoms with van der Waals surface area (Å²) >= 11 is 5.55. The highest BCUT2D eigenvalue weighted by molar-refractivity contribution is 6.33. The maximum absolute atomic E-state index is 11.0. The van der Waals surface area contributed by atoms with Crippen LogP contribution in [0.2, 0.25) is 0 Å². The largest absolute Gasteiger partial charge is 0.359 e. The van der Waals surface area contributed by atoms with Crippen LogP contribution in [0.3, 0.4) is 0 Å². The van der Waals surface area contributed by atoms with Gasteiger partial charge < -0.3 is 4.98 Å². The van der Waals surface area contributed by atoms with Gasteiger partial charge in [-0.05, 0) is 19.1 Å². The van der Waals surface area contributed by atoms with E-state index in [1.807, 2.05) is 0 Å². The summed E-state index contributed by atoms with van der Waals surface area (Å²) in [6.07, 6.45) is 1.70. The Balaban J connectivity index is 2.78. The minimum atomic E-state index is -0.446. The normalized spacial score (nSPS) is 13.0. The van der Waals surface area contributed by atoms with Crippen LogP contribution in [0.4, 0.5) is 0 Å². The molecule has 1 atom stereocenters. The van der Waals surface area contributed by atoms with Gasteiger partial charge in [0.1, 0.15) is 0 Å². The molecule has 1 unspecified atom stereocenters. The lowest BCUT2D eigenvalue weighted by Crippen LogP contribution is -2.10. The number of nitrogens with one attached hydrogen (secondary N) is 1. The van der Waals surface area contributed by atoms with Crippen molar-refractivity contribution in [3.8, 4) is 0 Å². The first-order valence-electron chi connectivity index (χ1n) is 3.03. The van der Waals surface area contributed by atoms with Crippen molar-refractivity contribution in [1.82, 2.24) is 4.98 Å². The fourth-order valence-corrected chi connectivity index (χ4v) is 0.815. The summed E-state index contributed by atoms with van der Waals surface area (Å²) in [5.41, 5.74) is 0.572. The molecule has 10 heavy (non-hydrogen) atoms. The van der Waals surface area contributed by atoms with Crippen LogP contribution in [0.15, 0.2) is 18.3 Å². The topological polar surface area (TPSA) is 32.9 Å². The predicted octanol–water partition coefficient (Wildman–Crippen LogP) is 1.82. The third-order valence-corrected chi connectivity index (χ3v) is 1.42. The van der Waals surface area contributed by atoms with Crippen LogP contribution >= 0.6 is 11.6 Å². The van der Waals surface area contributed by atoms with Crippen LogP contribution in [0.25, 0.3) is 0 Å². The molecular weight excluding hydrogens is 150 g/mol. The highest BCUT2D eigenvalue weighted by Gasteiger charge is 2.11. The third-order valence-electron chi connectivity index (χ3n) is 1.22. The zero-order chi connectivity index (χ0) is 7.56. The summed E-state index contributed by atoms with van der Waals surface area (Å²) in [6, 6.07) is 3.48. The van der Waals surface area contributed by atoms with Crippen LogP contribution < -0.4 is 0 Å². The van der Waals surface area contributed by atoms with Gasteiger partial charge >= 0.3 is 0 Å². The van der Waals surface area contributed by atoms with Crippen LogP contribution in [0.1, 0.15) is 17.4 Å². The number of carbonyl (C=O) groups excluding carboxylic acids is 1. The summed E-state index contributed by atoms with van der Waals surface area (Å²) in [5.74, 6) is -0.0633. The number of ketones is 1. The Morgan fingerprint density at radius 3 is 2.90 bits per heavy atom. The molecule has 1 N–H and O–H groups in total. The Morgan fingerprint density at radius 2 is 2.50 bits per heavy atom. The van der Waals surface area contributed by atoms with Crippen molar-refractivity contribution in [3.05, 3.63) is 24.0 Å². The zero-order valence-corrected chi connectivity index (χ0v) is 6.35. The average molecular weight is 158 g/mol. The number of H-pyrrole nitrogens is 1.